The largest absolute Gasteiger partial charge is 0.477 e. The normalized spacial score (nSPS) is 10.8. The van der Waals surface area contributed by atoms with E-state index >= 15 is 0 Å². The molecule has 5 nitrogen and oxygen atoms in total. The molecule has 0 aliphatic rings. The number of carbonyl (C=O) groups is 1. The quantitative estimate of drug-likeness (QED) is 0.625. The summed E-state index contributed by atoms with van der Waals surface area (Å²) in [5.74, 6) is -1.04. The summed E-state index contributed by atoms with van der Waals surface area (Å²) in [5, 5.41) is 14.0. The Labute approximate surface area is 137 Å². The molecule has 0 fully saturated rings. The van der Waals surface area contributed by atoms with E-state index in [9.17, 15) is 9.90 Å². The Bertz CT molecular complexity index is 1020. The zero-order valence-corrected chi connectivity index (χ0v) is 12.6. The molecule has 2 aromatic carbocycles. The lowest BCUT2D eigenvalue weighted by Crippen LogP contribution is -2.08. The Balaban J connectivity index is 1.95. The number of hydrogen-bond acceptors (Lipinski definition) is 3. The molecule has 4 rings (SSSR count). The van der Waals surface area contributed by atoms with Gasteiger partial charge in [0.2, 0.25) is 0 Å². The Morgan fingerprint density at radius 3 is 2.00 bits per heavy atom. The SMILES string of the molecule is O=C(O)c1cc(-c2ccccc2)nc2cc(-c3ccccc3)nn12. The van der Waals surface area contributed by atoms with Crippen molar-refractivity contribution in [2.24, 2.45) is 0 Å². The molecule has 2 aromatic heterocycles. The summed E-state index contributed by atoms with van der Waals surface area (Å²) in [6, 6.07) is 22.5. The van der Waals surface area contributed by atoms with E-state index in [1.807, 2.05) is 60.7 Å². The molecule has 0 unspecified atom stereocenters. The van der Waals surface area contributed by atoms with Crippen LogP contribution in [0.1, 0.15) is 10.5 Å². The lowest BCUT2D eigenvalue weighted by atomic mass is 10.1. The summed E-state index contributed by atoms with van der Waals surface area (Å²) < 4.78 is 1.37. The summed E-state index contributed by atoms with van der Waals surface area (Å²) in [6.45, 7) is 0. The molecule has 0 aliphatic carbocycles. The average Bonchev–Trinajstić information content (AvgIpc) is 3.06. The van der Waals surface area contributed by atoms with Crippen molar-refractivity contribution < 1.29 is 9.90 Å². The fourth-order valence-corrected chi connectivity index (χ4v) is 2.63. The predicted octanol–water partition coefficient (Wildman–Crippen LogP) is 3.76. The second kappa shape index (κ2) is 5.62. The standard InChI is InChI=1S/C19H13N3O2/c23-19(24)17-11-15(13-7-3-1-4-8-13)20-18-12-16(21-22(17)18)14-9-5-2-6-10-14/h1-12H,(H,23,24). The number of aromatic nitrogens is 3. The summed E-state index contributed by atoms with van der Waals surface area (Å²) in [5.41, 5.74) is 3.68. The number of carboxylic acids is 1. The van der Waals surface area contributed by atoms with Crippen LogP contribution in [-0.2, 0) is 0 Å². The van der Waals surface area contributed by atoms with Gasteiger partial charge in [-0.1, -0.05) is 60.7 Å². The van der Waals surface area contributed by atoms with Crippen LogP contribution in [0.15, 0.2) is 72.8 Å². The van der Waals surface area contributed by atoms with Gasteiger partial charge in [0.05, 0.1) is 11.4 Å². The van der Waals surface area contributed by atoms with Crippen LogP contribution in [0.2, 0.25) is 0 Å². The molecule has 116 valence electrons. The molecule has 1 N–H and O–H groups in total. The zero-order valence-electron chi connectivity index (χ0n) is 12.6. The van der Waals surface area contributed by atoms with Gasteiger partial charge >= 0.3 is 5.97 Å². The molecular formula is C19H13N3O2. The Morgan fingerprint density at radius 2 is 1.42 bits per heavy atom. The van der Waals surface area contributed by atoms with Crippen molar-refractivity contribution in [2.45, 2.75) is 0 Å². The maximum Gasteiger partial charge on any atom is 0.354 e. The number of carboxylic acid groups (broad SMARTS) is 1. The van der Waals surface area contributed by atoms with E-state index in [-0.39, 0.29) is 5.69 Å². The van der Waals surface area contributed by atoms with E-state index in [1.165, 1.54) is 4.52 Å². The fourth-order valence-electron chi connectivity index (χ4n) is 2.63. The summed E-state index contributed by atoms with van der Waals surface area (Å²) in [4.78, 5) is 16.2. The van der Waals surface area contributed by atoms with E-state index in [0.29, 0.717) is 17.0 Å². The van der Waals surface area contributed by atoms with Gasteiger partial charge in [0.25, 0.3) is 0 Å². The van der Waals surface area contributed by atoms with Crippen molar-refractivity contribution in [1.82, 2.24) is 14.6 Å². The lowest BCUT2D eigenvalue weighted by molar-refractivity contribution is 0.0687. The molecule has 0 amide bonds. The molecule has 0 saturated heterocycles. The number of aromatic carboxylic acids is 1. The number of rotatable bonds is 3. The van der Waals surface area contributed by atoms with Gasteiger partial charge in [-0.2, -0.15) is 5.10 Å². The number of nitrogens with zero attached hydrogens (tertiary/aromatic N) is 3. The maximum atomic E-state index is 11.7. The monoisotopic (exact) mass is 315 g/mol. The second-order valence-electron chi connectivity index (χ2n) is 5.36. The molecule has 5 heteroatoms. The van der Waals surface area contributed by atoms with Crippen molar-refractivity contribution >= 4 is 11.6 Å². The highest BCUT2D eigenvalue weighted by molar-refractivity contribution is 5.88. The van der Waals surface area contributed by atoms with Crippen LogP contribution in [0.3, 0.4) is 0 Å². The number of fused-ring (bicyclic) bond motifs is 1. The van der Waals surface area contributed by atoms with Gasteiger partial charge in [0.15, 0.2) is 11.3 Å². The van der Waals surface area contributed by atoms with Gasteiger partial charge in [0.1, 0.15) is 0 Å². The highest BCUT2D eigenvalue weighted by Gasteiger charge is 2.16. The van der Waals surface area contributed by atoms with E-state index in [2.05, 4.69) is 10.1 Å². The maximum absolute atomic E-state index is 11.7. The smallest absolute Gasteiger partial charge is 0.354 e. The Kier molecular flexibility index (Phi) is 3.31. The summed E-state index contributed by atoms with van der Waals surface area (Å²) in [6.07, 6.45) is 0. The number of hydrogen-bond donors (Lipinski definition) is 1. The highest BCUT2D eigenvalue weighted by Crippen LogP contribution is 2.23. The first-order valence-corrected chi connectivity index (χ1v) is 7.47. The van der Waals surface area contributed by atoms with Crippen molar-refractivity contribution in [3.8, 4) is 22.5 Å². The average molecular weight is 315 g/mol. The molecule has 24 heavy (non-hydrogen) atoms. The van der Waals surface area contributed by atoms with Gasteiger partial charge in [-0.25, -0.2) is 14.3 Å². The van der Waals surface area contributed by atoms with Crippen molar-refractivity contribution in [3.63, 3.8) is 0 Å². The molecule has 0 atom stereocenters. The van der Waals surface area contributed by atoms with Crippen molar-refractivity contribution in [2.75, 3.05) is 0 Å². The van der Waals surface area contributed by atoms with Gasteiger partial charge in [-0.3, -0.25) is 0 Å². The topological polar surface area (TPSA) is 67.5 Å². The van der Waals surface area contributed by atoms with Crippen LogP contribution in [-0.4, -0.2) is 25.7 Å². The molecule has 0 radical (unpaired) electrons. The molecular weight excluding hydrogens is 302 g/mol. The minimum Gasteiger partial charge on any atom is -0.477 e. The van der Waals surface area contributed by atoms with Gasteiger partial charge < -0.3 is 5.11 Å². The molecule has 4 aromatic rings. The molecule has 2 heterocycles. The minimum absolute atomic E-state index is 0.0843. The van der Waals surface area contributed by atoms with Gasteiger partial charge in [0, 0.05) is 17.2 Å². The zero-order chi connectivity index (χ0) is 16.5. The molecule has 0 bridgehead atoms. The molecule has 0 aliphatic heterocycles. The lowest BCUT2D eigenvalue weighted by Gasteiger charge is -2.04. The molecule has 0 saturated carbocycles. The fraction of sp³-hybridized carbons (Fsp3) is 0. The van der Waals surface area contributed by atoms with Crippen LogP contribution in [0, 0.1) is 0 Å². The van der Waals surface area contributed by atoms with E-state index in [1.54, 1.807) is 12.1 Å². The minimum atomic E-state index is -1.04. The van der Waals surface area contributed by atoms with Crippen LogP contribution in [0.5, 0.6) is 0 Å². The van der Waals surface area contributed by atoms with Crippen LogP contribution in [0.25, 0.3) is 28.2 Å². The highest BCUT2D eigenvalue weighted by atomic mass is 16.4. The van der Waals surface area contributed by atoms with Crippen LogP contribution in [0.4, 0.5) is 0 Å². The number of benzene rings is 2. The third-order valence-corrected chi connectivity index (χ3v) is 3.79. The van der Waals surface area contributed by atoms with Gasteiger partial charge in [-0.15, -0.1) is 0 Å². The second-order valence-corrected chi connectivity index (χ2v) is 5.36. The van der Waals surface area contributed by atoms with E-state index in [4.69, 9.17) is 0 Å². The van der Waals surface area contributed by atoms with Crippen LogP contribution < -0.4 is 0 Å². The first kappa shape index (κ1) is 14.1. The van der Waals surface area contributed by atoms with E-state index < -0.39 is 5.97 Å². The van der Waals surface area contributed by atoms with E-state index in [0.717, 1.165) is 11.1 Å². The third-order valence-electron chi connectivity index (χ3n) is 3.79. The molecule has 0 spiro atoms. The van der Waals surface area contributed by atoms with Crippen LogP contribution >= 0.6 is 0 Å². The Morgan fingerprint density at radius 1 is 0.833 bits per heavy atom. The predicted molar refractivity (Wildman–Crippen MR) is 90.8 cm³/mol. The van der Waals surface area contributed by atoms with Crippen molar-refractivity contribution in [1.29, 1.82) is 0 Å². The summed E-state index contributed by atoms with van der Waals surface area (Å²) in [7, 11) is 0. The summed E-state index contributed by atoms with van der Waals surface area (Å²) >= 11 is 0. The van der Waals surface area contributed by atoms with Gasteiger partial charge in [-0.05, 0) is 6.07 Å². The first-order chi connectivity index (χ1) is 11.7. The third kappa shape index (κ3) is 2.42. The van der Waals surface area contributed by atoms with Crippen molar-refractivity contribution in [3.05, 3.63) is 78.5 Å². The Hall–Kier alpha value is -3.47. The first-order valence-electron chi connectivity index (χ1n) is 7.47.